The second kappa shape index (κ2) is 6.32. The average Bonchev–Trinajstić information content (AvgIpc) is 3.29. The maximum Gasteiger partial charge on any atom is 0.341 e. The minimum atomic E-state index is -0.964. The Hall–Kier alpha value is -2.13. The van der Waals surface area contributed by atoms with Gasteiger partial charge in [-0.05, 0) is 43.9 Å². The molecule has 2 rings (SSSR count). The molecule has 0 spiro atoms. The number of hydrogen-bond donors (Lipinski definition) is 1. The number of esters is 1. The van der Waals surface area contributed by atoms with Crippen LogP contribution in [0.15, 0.2) is 18.2 Å². The Morgan fingerprint density at radius 1 is 1.55 bits per heavy atom. The van der Waals surface area contributed by atoms with Crippen LogP contribution in [-0.2, 0) is 9.53 Å². The number of nitrogens with zero attached hydrogens (tertiary/aromatic N) is 1. The van der Waals surface area contributed by atoms with Gasteiger partial charge < -0.3 is 10.1 Å². The van der Waals surface area contributed by atoms with Crippen LogP contribution in [0.4, 0.5) is 4.39 Å². The number of halogens is 2. The SMILES string of the molecule is C[C@](C#N)(NC(=O)COC(=O)c1ccc(Cl)cc1F)C1CC1. The van der Waals surface area contributed by atoms with Gasteiger partial charge in [-0.2, -0.15) is 5.26 Å². The number of rotatable bonds is 5. The Labute approximate surface area is 132 Å². The van der Waals surface area contributed by atoms with Crippen LogP contribution in [0.5, 0.6) is 0 Å². The summed E-state index contributed by atoms with van der Waals surface area (Å²) >= 11 is 5.59. The maximum absolute atomic E-state index is 13.5. The monoisotopic (exact) mass is 324 g/mol. The van der Waals surface area contributed by atoms with Crippen LogP contribution in [0.2, 0.25) is 5.02 Å². The van der Waals surface area contributed by atoms with Crippen LogP contribution in [0, 0.1) is 23.1 Å². The molecule has 1 atom stereocenters. The first kappa shape index (κ1) is 16.2. The molecule has 1 fully saturated rings. The number of amides is 1. The van der Waals surface area contributed by atoms with E-state index in [-0.39, 0.29) is 16.5 Å². The first-order valence-corrected chi connectivity index (χ1v) is 7.08. The van der Waals surface area contributed by atoms with Gasteiger partial charge in [-0.1, -0.05) is 11.6 Å². The number of carbonyl (C=O) groups excluding carboxylic acids is 2. The fourth-order valence-electron chi connectivity index (χ4n) is 2.07. The third-order valence-corrected chi connectivity index (χ3v) is 3.75. The molecule has 5 nitrogen and oxygen atoms in total. The van der Waals surface area contributed by atoms with Crippen LogP contribution < -0.4 is 5.32 Å². The lowest BCUT2D eigenvalue weighted by Gasteiger charge is -2.22. The molecule has 1 aliphatic carbocycles. The van der Waals surface area contributed by atoms with Crippen molar-refractivity contribution >= 4 is 23.5 Å². The van der Waals surface area contributed by atoms with Crippen molar-refractivity contribution < 1.29 is 18.7 Å². The van der Waals surface area contributed by atoms with Gasteiger partial charge in [0, 0.05) is 5.02 Å². The Morgan fingerprint density at radius 2 is 2.23 bits per heavy atom. The fraction of sp³-hybridized carbons (Fsp3) is 0.400. The largest absolute Gasteiger partial charge is 0.452 e. The summed E-state index contributed by atoms with van der Waals surface area (Å²) in [6.07, 6.45) is 1.75. The summed E-state index contributed by atoms with van der Waals surface area (Å²) in [7, 11) is 0. The Bertz CT molecular complexity index is 655. The van der Waals surface area contributed by atoms with Crippen molar-refractivity contribution in [3.63, 3.8) is 0 Å². The zero-order valence-electron chi connectivity index (χ0n) is 11.9. The molecule has 22 heavy (non-hydrogen) atoms. The van der Waals surface area contributed by atoms with Crippen molar-refractivity contribution in [2.45, 2.75) is 25.3 Å². The lowest BCUT2D eigenvalue weighted by molar-refractivity contribution is -0.125. The molecule has 0 aromatic heterocycles. The highest BCUT2D eigenvalue weighted by molar-refractivity contribution is 6.30. The number of hydrogen-bond acceptors (Lipinski definition) is 4. The molecule has 1 aliphatic rings. The summed E-state index contributed by atoms with van der Waals surface area (Å²) < 4.78 is 18.3. The molecule has 0 unspecified atom stereocenters. The van der Waals surface area contributed by atoms with Gasteiger partial charge in [-0.15, -0.1) is 0 Å². The van der Waals surface area contributed by atoms with E-state index >= 15 is 0 Å². The lowest BCUT2D eigenvalue weighted by Crippen LogP contribution is -2.48. The summed E-state index contributed by atoms with van der Waals surface area (Å²) in [5, 5.41) is 11.8. The summed E-state index contributed by atoms with van der Waals surface area (Å²) in [5.74, 6) is -2.27. The van der Waals surface area contributed by atoms with Crippen LogP contribution >= 0.6 is 11.6 Å². The van der Waals surface area contributed by atoms with Crippen molar-refractivity contribution in [1.29, 1.82) is 5.26 Å². The fourth-order valence-corrected chi connectivity index (χ4v) is 2.23. The minimum Gasteiger partial charge on any atom is -0.452 e. The van der Waals surface area contributed by atoms with Crippen molar-refractivity contribution in [2.24, 2.45) is 5.92 Å². The predicted molar refractivity (Wildman–Crippen MR) is 76.6 cm³/mol. The molecule has 7 heteroatoms. The van der Waals surface area contributed by atoms with Gasteiger partial charge in [0.05, 0.1) is 11.6 Å². The quantitative estimate of drug-likeness (QED) is 0.844. The second-order valence-corrected chi connectivity index (χ2v) is 5.77. The van der Waals surface area contributed by atoms with Crippen molar-refractivity contribution in [3.8, 4) is 6.07 Å². The van der Waals surface area contributed by atoms with Gasteiger partial charge in [-0.25, -0.2) is 9.18 Å². The maximum atomic E-state index is 13.5. The predicted octanol–water partition coefficient (Wildman–Crippen LogP) is 2.44. The molecule has 0 saturated heterocycles. The summed E-state index contributed by atoms with van der Waals surface area (Å²) in [6.45, 7) is 1.05. The van der Waals surface area contributed by atoms with Crippen molar-refractivity contribution in [1.82, 2.24) is 5.32 Å². The first-order chi connectivity index (χ1) is 10.4. The summed E-state index contributed by atoms with van der Waals surface area (Å²) in [5.41, 5.74) is -1.27. The Balaban J connectivity index is 1.91. The number of ether oxygens (including phenoxy) is 1. The molecule has 0 bridgehead atoms. The van der Waals surface area contributed by atoms with Crippen LogP contribution in [0.25, 0.3) is 0 Å². The topological polar surface area (TPSA) is 79.2 Å². The number of carbonyl (C=O) groups is 2. The highest BCUT2D eigenvalue weighted by Gasteiger charge is 2.43. The average molecular weight is 325 g/mol. The first-order valence-electron chi connectivity index (χ1n) is 6.70. The Kier molecular flexibility index (Phi) is 4.67. The van der Waals surface area contributed by atoms with E-state index in [1.807, 2.05) is 0 Å². The van der Waals surface area contributed by atoms with Crippen LogP contribution in [0.3, 0.4) is 0 Å². The third-order valence-electron chi connectivity index (χ3n) is 3.51. The van der Waals surface area contributed by atoms with E-state index in [4.69, 9.17) is 21.6 Å². The minimum absolute atomic E-state index is 0.117. The number of nitrogens with one attached hydrogen (secondary N) is 1. The highest BCUT2D eigenvalue weighted by Crippen LogP contribution is 2.39. The standard InChI is InChI=1S/C15H14ClFN2O3/c1-15(8-18,9-2-3-9)19-13(20)7-22-14(21)11-5-4-10(16)6-12(11)17/h4-6,9H,2-3,7H2,1H3,(H,19,20)/t15-/m1/s1. The molecule has 116 valence electrons. The summed E-state index contributed by atoms with van der Waals surface area (Å²) in [4.78, 5) is 23.5. The van der Waals surface area contributed by atoms with E-state index in [1.165, 1.54) is 12.1 Å². The molecule has 1 amide bonds. The molecule has 1 aromatic carbocycles. The molecule has 0 heterocycles. The molecule has 1 N–H and O–H groups in total. The second-order valence-electron chi connectivity index (χ2n) is 5.34. The van der Waals surface area contributed by atoms with Gasteiger partial charge in [-0.3, -0.25) is 4.79 Å². The van der Waals surface area contributed by atoms with Gasteiger partial charge in [0.1, 0.15) is 11.4 Å². The van der Waals surface area contributed by atoms with E-state index in [9.17, 15) is 14.0 Å². The molecule has 1 aromatic rings. The van der Waals surface area contributed by atoms with Crippen LogP contribution in [-0.4, -0.2) is 24.0 Å². The molecule has 0 radical (unpaired) electrons. The van der Waals surface area contributed by atoms with Gasteiger partial charge in [0.25, 0.3) is 5.91 Å². The van der Waals surface area contributed by atoms with E-state index in [0.717, 1.165) is 18.9 Å². The van der Waals surface area contributed by atoms with Crippen molar-refractivity contribution in [3.05, 3.63) is 34.6 Å². The van der Waals surface area contributed by atoms with E-state index in [0.29, 0.717) is 0 Å². The van der Waals surface area contributed by atoms with E-state index in [1.54, 1.807) is 6.92 Å². The van der Waals surface area contributed by atoms with Crippen molar-refractivity contribution in [2.75, 3.05) is 6.61 Å². The zero-order valence-corrected chi connectivity index (χ0v) is 12.6. The van der Waals surface area contributed by atoms with E-state index in [2.05, 4.69) is 11.4 Å². The van der Waals surface area contributed by atoms with Gasteiger partial charge >= 0.3 is 5.97 Å². The third kappa shape index (κ3) is 3.74. The number of nitriles is 1. The number of benzene rings is 1. The highest BCUT2D eigenvalue weighted by atomic mass is 35.5. The van der Waals surface area contributed by atoms with Gasteiger partial charge in [0.2, 0.25) is 0 Å². The molecular weight excluding hydrogens is 311 g/mol. The zero-order chi connectivity index (χ0) is 16.3. The summed E-state index contributed by atoms with van der Waals surface area (Å²) in [6, 6.07) is 5.57. The lowest BCUT2D eigenvalue weighted by atomic mass is 9.98. The molecule has 1 saturated carbocycles. The smallest absolute Gasteiger partial charge is 0.341 e. The molecular formula is C15H14ClFN2O3. The molecule has 0 aliphatic heterocycles. The van der Waals surface area contributed by atoms with Gasteiger partial charge in [0.15, 0.2) is 6.61 Å². The van der Waals surface area contributed by atoms with E-state index < -0.39 is 29.8 Å². The Morgan fingerprint density at radius 3 is 2.77 bits per heavy atom. The van der Waals surface area contributed by atoms with Crippen LogP contribution in [0.1, 0.15) is 30.1 Å². The normalized spacial score (nSPS) is 16.3.